The predicted molar refractivity (Wildman–Crippen MR) is 78.1 cm³/mol. The monoisotopic (exact) mass is 253 g/mol. The van der Waals surface area contributed by atoms with Gasteiger partial charge in [0, 0.05) is 18.7 Å². The van der Waals surface area contributed by atoms with Gasteiger partial charge >= 0.3 is 0 Å². The summed E-state index contributed by atoms with van der Waals surface area (Å²) in [6.07, 6.45) is 6.21. The molecule has 2 heterocycles. The highest BCUT2D eigenvalue weighted by atomic mass is 15.2. The van der Waals surface area contributed by atoms with Gasteiger partial charge < -0.3 is 4.90 Å². The van der Waals surface area contributed by atoms with Crippen molar-refractivity contribution in [1.82, 2.24) is 9.97 Å². The summed E-state index contributed by atoms with van der Waals surface area (Å²) in [7, 11) is 0. The molecule has 1 saturated heterocycles. The molecule has 1 aromatic carbocycles. The van der Waals surface area contributed by atoms with Crippen molar-refractivity contribution in [3.63, 3.8) is 0 Å². The largest absolute Gasteiger partial charge is 0.355 e. The first-order valence-corrected chi connectivity index (χ1v) is 6.95. The molecule has 3 nitrogen and oxygen atoms in total. The molecule has 0 saturated carbocycles. The normalized spacial score (nSPS) is 16.6. The SMILES string of the molecule is CC1CCN(c2cncc(-c3ccccc3)n2)CC1. The van der Waals surface area contributed by atoms with E-state index in [-0.39, 0.29) is 0 Å². The molecular formula is C16H19N3. The number of rotatable bonds is 2. The molecule has 1 aromatic heterocycles. The highest BCUT2D eigenvalue weighted by Gasteiger charge is 2.17. The quantitative estimate of drug-likeness (QED) is 0.821. The summed E-state index contributed by atoms with van der Waals surface area (Å²) in [5.74, 6) is 1.84. The van der Waals surface area contributed by atoms with Gasteiger partial charge in [0.05, 0.1) is 18.1 Å². The van der Waals surface area contributed by atoms with Crippen LogP contribution in [-0.4, -0.2) is 23.1 Å². The Balaban J connectivity index is 1.84. The van der Waals surface area contributed by atoms with E-state index in [1.165, 1.54) is 12.8 Å². The zero-order valence-electron chi connectivity index (χ0n) is 11.3. The summed E-state index contributed by atoms with van der Waals surface area (Å²) in [4.78, 5) is 11.5. The fourth-order valence-electron chi connectivity index (χ4n) is 2.49. The second-order valence-corrected chi connectivity index (χ2v) is 5.30. The van der Waals surface area contributed by atoms with Crippen molar-refractivity contribution in [3.8, 4) is 11.3 Å². The third-order valence-electron chi connectivity index (χ3n) is 3.80. The van der Waals surface area contributed by atoms with Crippen LogP contribution in [0.3, 0.4) is 0 Å². The third-order valence-corrected chi connectivity index (χ3v) is 3.80. The molecule has 3 rings (SSSR count). The summed E-state index contributed by atoms with van der Waals surface area (Å²) >= 11 is 0. The molecule has 0 amide bonds. The van der Waals surface area contributed by atoms with Gasteiger partial charge in [0.25, 0.3) is 0 Å². The Morgan fingerprint density at radius 3 is 2.53 bits per heavy atom. The van der Waals surface area contributed by atoms with Crippen molar-refractivity contribution in [2.24, 2.45) is 5.92 Å². The molecule has 0 bridgehead atoms. The van der Waals surface area contributed by atoms with Crippen LogP contribution in [0.1, 0.15) is 19.8 Å². The highest BCUT2D eigenvalue weighted by molar-refractivity contribution is 5.59. The van der Waals surface area contributed by atoms with Crippen molar-refractivity contribution in [1.29, 1.82) is 0 Å². The zero-order valence-corrected chi connectivity index (χ0v) is 11.3. The Labute approximate surface area is 114 Å². The van der Waals surface area contributed by atoms with Gasteiger partial charge in [-0.1, -0.05) is 37.3 Å². The number of nitrogens with zero attached hydrogens (tertiary/aromatic N) is 3. The van der Waals surface area contributed by atoms with Crippen LogP contribution in [0.25, 0.3) is 11.3 Å². The Morgan fingerprint density at radius 2 is 1.79 bits per heavy atom. The van der Waals surface area contributed by atoms with E-state index in [1.54, 1.807) is 0 Å². The molecule has 0 N–H and O–H groups in total. The van der Waals surface area contributed by atoms with E-state index in [2.05, 4.69) is 28.9 Å². The lowest BCUT2D eigenvalue weighted by molar-refractivity contribution is 0.436. The number of piperidine rings is 1. The number of anilines is 1. The molecule has 1 fully saturated rings. The van der Waals surface area contributed by atoms with Crippen LogP contribution < -0.4 is 4.90 Å². The van der Waals surface area contributed by atoms with E-state index < -0.39 is 0 Å². The maximum atomic E-state index is 4.76. The molecular weight excluding hydrogens is 234 g/mol. The maximum absolute atomic E-state index is 4.76. The Kier molecular flexibility index (Phi) is 3.45. The Bertz CT molecular complexity index is 531. The molecule has 0 unspecified atom stereocenters. The number of hydrogen-bond donors (Lipinski definition) is 0. The second kappa shape index (κ2) is 5.39. The molecule has 19 heavy (non-hydrogen) atoms. The first kappa shape index (κ1) is 12.2. The molecule has 98 valence electrons. The fraction of sp³-hybridized carbons (Fsp3) is 0.375. The van der Waals surface area contributed by atoms with Crippen LogP contribution in [0.4, 0.5) is 5.82 Å². The van der Waals surface area contributed by atoms with E-state index in [0.717, 1.165) is 36.1 Å². The van der Waals surface area contributed by atoms with Crippen molar-refractivity contribution in [2.75, 3.05) is 18.0 Å². The predicted octanol–water partition coefficient (Wildman–Crippen LogP) is 3.38. The minimum absolute atomic E-state index is 0.835. The number of hydrogen-bond acceptors (Lipinski definition) is 3. The summed E-state index contributed by atoms with van der Waals surface area (Å²) in [5.41, 5.74) is 2.08. The first-order chi connectivity index (χ1) is 9.33. The van der Waals surface area contributed by atoms with Crippen LogP contribution in [0.2, 0.25) is 0 Å². The van der Waals surface area contributed by atoms with E-state index >= 15 is 0 Å². The fourth-order valence-corrected chi connectivity index (χ4v) is 2.49. The van der Waals surface area contributed by atoms with Gasteiger partial charge in [0.2, 0.25) is 0 Å². The van der Waals surface area contributed by atoms with Gasteiger partial charge in [0.15, 0.2) is 0 Å². The summed E-state index contributed by atoms with van der Waals surface area (Å²) in [6, 6.07) is 10.2. The summed E-state index contributed by atoms with van der Waals surface area (Å²) in [5, 5.41) is 0. The van der Waals surface area contributed by atoms with Gasteiger partial charge in [-0.3, -0.25) is 4.98 Å². The lowest BCUT2D eigenvalue weighted by atomic mass is 9.99. The van der Waals surface area contributed by atoms with Gasteiger partial charge in [-0.2, -0.15) is 0 Å². The highest BCUT2D eigenvalue weighted by Crippen LogP contribution is 2.23. The molecule has 0 aliphatic carbocycles. The van der Waals surface area contributed by atoms with Gasteiger partial charge in [-0.15, -0.1) is 0 Å². The number of benzene rings is 1. The van der Waals surface area contributed by atoms with Gasteiger partial charge in [-0.25, -0.2) is 4.98 Å². The van der Waals surface area contributed by atoms with E-state index in [4.69, 9.17) is 4.98 Å². The zero-order chi connectivity index (χ0) is 13.1. The number of aromatic nitrogens is 2. The van der Waals surface area contributed by atoms with Crippen LogP contribution in [0.15, 0.2) is 42.7 Å². The third kappa shape index (κ3) is 2.75. The van der Waals surface area contributed by atoms with E-state index in [0.29, 0.717) is 0 Å². The van der Waals surface area contributed by atoms with Crippen LogP contribution >= 0.6 is 0 Å². The van der Waals surface area contributed by atoms with Crippen LogP contribution in [-0.2, 0) is 0 Å². The topological polar surface area (TPSA) is 29.0 Å². The minimum Gasteiger partial charge on any atom is -0.355 e. The average molecular weight is 253 g/mol. The van der Waals surface area contributed by atoms with Crippen molar-refractivity contribution in [2.45, 2.75) is 19.8 Å². The first-order valence-electron chi connectivity index (χ1n) is 6.95. The Hall–Kier alpha value is -1.90. The van der Waals surface area contributed by atoms with Crippen molar-refractivity contribution in [3.05, 3.63) is 42.7 Å². The molecule has 0 spiro atoms. The van der Waals surface area contributed by atoms with Crippen LogP contribution in [0.5, 0.6) is 0 Å². The molecule has 2 aromatic rings. The summed E-state index contributed by atoms with van der Waals surface area (Å²) in [6.45, 7) is 4.51. The van der Waals surface area contributed by atoms with Gasteiger partial charge in [-0.05, 0) is 18.8 Å². The summed E-state index contributed by atoms with van der Waals surface area (Å²) < 4.78 is 0. The minimum atomic E-state index is 0.835. The average Bonchev–Trinajstić information content (AvgIpc) is 2.49. The van der Waals surface area contributed by atoms with Gasteiger partial charge in [0.1, 0.15) is 5.82 Å². The molecule has 1 aliphatic rings. The molecule has 0 radical (unpaired) electrons. The lowest BCUT2D eigenvalue weighted by Crippen LogP contribution is -2.33. The maximum Gasteiger partial charge on any atom is 0.147 e. The molecule has 3 heteroatoms. The van der Waals surface area contributed by atoms with E-state index in [9.17, 15) is 0 Å². The smallest absolute Gasteiger partial charge is 0.147 e. The Morgan fingerprint density at radius 1 is 1.05 bits per heavy atom. The van der Waals surface area contributed by atoms with Crippen LogP contribution in [0, 0.1) is 5.92 Å². The molecule has 0 atom stereocenters. The van der Waals surface area contributed by atoms with Crippen molar-refractivity contribution >= 4 is 5.82 Å². The standard InChI is InChI=1S/C16H19N3/c1-13-7-9-19(10-8-13)16-12-17-11-15(18-16)14-5-3-2-4-6-14/h2-6,11-13H,7-10H2,1H3. The lowest BCUT2D eigenvalue weighted by Gasteiger charge is -2.31. The second-order valence-electron chi connectivity index (χ2n) is 5.30. The molecule has 1 aliphatic heterocycles. The van der Waals surface area contributed by atoms with E-state index in [1.807, 2.05) is 30.6 Å². The van der Waals surface area contributed by atoms with Crippen molar-refractivity contribution < 1.29 is 0 Å².